The number of hydrogen-bond acceptors (Lipinski definition) is 2. The zero-order chi connectivity index (χ0) is 12.0. The highest BCUT2D eigenvalue weighted by molar-refractivity contribution is 5.21. The molecule has 0 radical (unpaired) electrons. The third kappa shape index (κ3) is 3.93. The molecule has 0 fully saturated rings. The Morgan fingerprint density at radius 2 is 2.12 bits per heavy atom. The fourth-order valence-corrected chi connectivity index (χ4v) is 1.77. The number of pyridine rings is 1. The number of nitrogens with zero attached hydrogens (tertiary/aromatic N) is 1. The molecular weight excluding hydrogens is 196 g/mol. The molecule has 2 heteroatoms. The Morgan fingerprint density at radius 1 is 1.38 bits per heavy atom. The smallest absolute Gasteiger partial charge is 0.0299 e. The van der Waals surface area contributed by atoms with Crippen LogP contribution in [-0.4, -0.2) is 17.6 Å². The molecule has 2 nitrogen and oxygen atoms in total. The summed E-state index contributed by atoms with van der Waals surface area (Å²) in [6.07, 6.45) is 6.14. The van der Waals surface area contributed by atoms with E-state index in [9.17, 15) is 0 Å². The molecule has 0 saturated carbocycles. The molecule has 1 rings (SSSR count). The molecule has 0 aliphatic carbocycles. The van der Waals surface area contributed by atoms with Gasteiger partial charge in [0.15, 0.2) is 0 Å². The average Bonchev–Trinajstić information content (AvgIpc) is 2.30. The van der Waals surface area contributed by atoms with E-state index < -0.39 is 0 Å². The van der Waals surface area contributed by atoms with Crippen molar-refractivity contribution >= 4 is 0 Å². The van der Waals surface area contributed by atoms with Gasteiger partial charge in [0, 0.05) is 18.4 Å². The number of aromatic nitrogens is 1. The maximum absolute atomic E-state index is 4.11. The highest BCUT2D eigenvalue weighted by atomic mass is 14.9. The zero-order valence-electron chi connectivity index (χ0n) is 11.0. The highest BCUT2D eigenvalue weighted by Crippen LogP contribution is 2.08. The molecule has 2 unspecified atom stereocenters. The minimum absolute atomic E-state index is 0.604. The third-order valence-corrected chi connectivity index (χ3v) is 3.49. The molecule has 16 heavy (non-hydrogen) atoms. The first-order valence-corrected chi connectivity index (χ1v) is 6.28. The van der Waals surface area contributed by atoms with Crippen molar-refractivity contribution in [3.05, 3.63) is 29.6 Å². The van der Waals surface area contributed by atoms with Gasteiger partial charge in [-0.05, 0) is 49.9 Å². The lowest BCUT2D eigenvalue weighted by Crippen LogP contribution is -2.33. The van der Waals surface area contributed by atoms with Gasteiger partial charge in [0.2, 0.25) is 0 Å². The molecule has 0 amide bonds. The molecule has 1 aromatic heterocycles. The van der Waals surface area contributed by atoms with Crippen molar-refractivity contribution in [1.82, 2.24) is 10.3 Å². The number of aryl methyl sites for hydroxylation is 1. The van der Waals surface area contributed by atoms with Crippen molar-refractivity contribution in [2.75, 3.05) is 6.54 Å². The van der Waals surface area contributed by atoms with E-state index in [1.165, 1.54) is 17.5 Å². The Bertz CT molecular complexity index is 309. The maximum atomic E-state index is 4.11. The van der Waals surface area contributed by atoms with E-state index in [2.05, 4.69) is 44.1 Å². The molecule has 0 aliphatic heterocycles. The molecule has 2 atom stereocenters. The standard InChI is InChI=1S/C14H24N2/c1-5-11(2)13(4)16-9-7-14-6-8-15-10-12(14)3/h6,8,10-11,13,16H,5,7,9H2,1-4H3. The summed E-state index contributed by atoms with van der Waals surface area (Å²) in [5.41, 5.74) is 2.69. The summed E-state index contributed by atoms with van der Waals surface area (Å²) in [5, 5.41) is 3.59. The van der Waals surface area contributed by atoms with Crippen molar-refractivity contribution in [2.24, 2.45) is 5.92 Å². The first-order chi connectivity index (χ1) is 7.65. The van der Waals surface area contributed by atoms with Crippen molar-refractivity contribution in [1.29, 1.82) is 0 Å². The summed E-state index contributed by atoms with van der Waals surface area (Å²) in [7, 11) is 0. The van der Waals surface area contributed by atoms with E-state index in [1.807, 2.05) is 12.4 Å². The highest BCUT2D eigenvalue weighted by Gasteiger charge is 2.08. The van der Waals surface area contributed by atoms with Gasteiger partial charge in [-0.3, -0.25) is 4.98 Å². The summed E-state index contributed by atoms with van der Waals surface area (Å²) in [4.78, 5) is 4.11. The summed E-state index contributed by atoms with van der Waals surface area (Å²) in [5.74, 6) is 0.749. The Balaban J connectivity index is 2.33. The summed E-state index contributed by atoms with van der Waals surface area (Å²) in [6.45, 7) is 10.00. The second-order valence-electron chi connectivity index (χ2n) is 4.68. The van der Waals surface area contributed by atoms with Gasteiger partial charge in [-0.2, -0.15) is 0 Å². The van der Waals surface area contributed by atoms with Gasteiger partial charge in [0.1, 0.15) is 0 Å². The molecule has 0 saturated heterocycles. The molecular formula is C14H24N2. The largest absolute Gasteiger partial charge is 0.314 e. The predicted molar refractivity (Wildman–Crippen MR) is 69.6 cm³/mol. The van der Waals surface area contributed by atoms with Crippen LogP contribution < -0.4 is 5.32 Å². The number of hydrogen-bond donors (Lipinski definition) is 1. The van der Waals surface area contributed by atoms with Crippen LogP contribution in [0.25, 0.3) is 0 Å². The normalized spacial score (nSPS) is 14.8. The molecule has 90 valence electrons. The second kappa shape index (κ2) is 6.64. The SMILES string of the molecule is CCC(C)C(C)NCCc1ccncc1C. The summed E-state index contributed by atoms with van der Waals surface area (Å²) >= 11 is 0. The number of rotatable bonds is 6. The van der Waals surface area contributed by atoms with Crippen LogP contribution in [0.5, 0.6) is 0 Å². The quantitative estimate of drug-likeness (QED) is 0.797. The average molecular weight is 220 g/mol. The van der Waals surface area contributed by atoms with Gasteiger partial charge in [-0.1, -0.05) is 20.3 Å². The first-order valence-electron chi connectivity index (χ1n) is 6.28. The lowest BCUT2D eigenvalue weighted by molar-refractivity contribution is 0.393. The van der Waals surface area contributed by atoms with E-state index in [0.717, 1.165) is 18.9 Å². The van der Waals surface area contributed by atoms with Crippen LogP contribution in [0.2, 0.25) is 0 Å². The zero-order valence-corrected chi connectivity index (χ0v) is 11.0. The van der Waals surface area contributed by atoms with Crippen molar-refractivity contribution in [3.63, 3.8) is 0 Å². The minimum Gasteiger partial charge on any atom is -0.314 e. The van der Waals surface area contributed by atoms with Crippen LogP contribution in [-0.2, 0) is 6.42 Å². The molecule has 1 N–H and O–H groups in total. The Labute approximate surface area is 99.5 Å². The van der Waals surface area contributed by atoms with Crippen molar-refractivity contribution in [3.8, 4) is 0 Å². The van der Waals surface area contributed by atoms with Gasteiger partial charge < -0.3 is 5.32 Å². The van der Waals surface area contributed by atoms with E-state index >= 15 is 0 Å². The monoisotopic (exact) mass is 220 g/mol. The summed E-state index contributed by atoms with van der Waals surface area (Å²) in [6, 6.07) is 2.72. The molecule has 0 bridgehead atoms. The maximum Gasteiger partial charge on any atom is 0.0299 e. The van der Waals surface area contributed by atoms with Crippen LogP contribution in [0.3, 0.4) is 0 Å². The van der Waals surface area contributed by atoms with Crippen LogP contribution in [0.4, 0.5) is 0 Å². The second-order valence-corrected chi connectivity index (χ2v) is 4.68. The summed E-state index contributed by atoms with van der Waals surface area (Å²) < 4.78 is 0. The van der Waals surface area contributed by atoms with E-state index in [-0.39, 0.29) is 0 Å². The van der Waals surface area contributed by atoms with Crippen LogP contribution in [0.15, 0.2) is 18.5 Å². The van der Waals surface area contributed by atoms with Crippen LogP contribution in [0.1, 0.15) is 38.3 Å². The minimum atomic E-state index is 0.604. The lowest BCUT2D eigenvalue weighted by Gasteiger charge is -2.20. The Kier molecular flexibility index (Phi) is 5.47. The van der Waals surface area contributed by atoms with Gasteiger partial charge in [-0.25, -0.2) is 0 Å². The Morgan fingerprint density at radius 3 is 2.75 bits per heavy atom. The van der Waals surface area contributed by atoms with E-state index in [4.69, 9.17) is 0 Å². The Hall–Kier alpha value is -0.890. The van der Waals surface area contributed by atoms with Gasteiger partial charge >= 0.3 is 0 Å². The first kappa shape index (κ1) is 13.2. The molecule has 1 aromatic rings. The van der Waals surface area contributed by atoms with Gasteiger partial charge in [0.05, 0.1) is 0 Å². The topological polar surface area (TPSA) is 24.9 Å². The van der Waals surface area contributed by atoms with E-state index in [0.29, 0.717) is 6.04 Å². The predicted octanol–water partition coefficient (Wildman–Crippen LogP) is 2.96. The molecule has 0 aliphatic rings. The van der Waals surface area contributed by atoms with Crippen molar-refractivity contribution < 1.29 is 0 Å². The lowest BCUT2D eigenvalue weighted by atomic mass is 10.0. The molecule has 0 aromatic carbocycles. The van der Waals surface area contributed by atoms with E-state index in [1.54, 1.807) is 0 Å². The number of nitrogens with one attached hydrogen (secondary N) is 1. The molecule has 1 heterocycles. The van der Waals surface area contributed by atoms with Gasteiger partial charge in [-0.15, -0.1) is 0 Å². The van der Waals surface area contributed by atoms with Crippen LogP contribution in [0, 0.1) is 12.8 Å². The molecule has 0 spiro atoms. The van der Waals surface area contributed by atoms with Crippen molar-refractivity contribution in [2.45, 2.75) is 46.6 Å². The van der Waals surface area contributed by atoms with Gasteiger partial charge in [0.25, 0.3) is 0 Å². The third-order valence-electron chi connectivity index (χ3n) is 3.49. The fraction of sp³-hybridized carbons (Fsp3) is 0.643. The van der Waals surface area contributed by atoms with Crippen LogP contribution >= 0.6 is 0 Å². The fourth-order valence-electron chi connectivity index (χ4n) is 1.77.